The highest BCUT2D eigenvalue weighted by atomic mass is 16.1. The topological polar surface area (TPSA) is 57.8 Å². The van der Waals surface area contributed by atoms with Crippen LogP contribution < -0.4 is 5.32 Å². The monoisotopic (exact) mass is 285 g/mol. The Labute approximate surface area is 126 Å². The summed E-state index contributed by atoms with van der Waals surface area (Å²) in [5.41, 5.74) is 3.53. The molecule has 0 spiro atoms. The van der Waals surface area contributed by atoms with Crippen LogP contribution in [0.5, 0.6) is 0 Å². The molecule has 1 amide bonds. The van der Waals surface area contributed by atoms with Gasteiger partial charge in [-0.25, -0.2) is 0 Å². The molecule has 2 rings (SSSR count). The molecule has 1 aromatic heterocycles. The number of aromatic amines is 1. The summed E-state index contributed by atoms with van der Waals surface area (Å²) < 4.78 is 0. The van der Waals surface area contributed by atoms with Gasteiger partial charge in [0.05, 0.1) is 5.69 Å². The summed E-state index contributed by atoms with van der Waals surface area (Å²) >= 11 is 0. The van der Waals surface area contributed by atoms with E-state index in [0.29, 0.717) is 5.69 Å². The van der Waals surface area contributed by atoms with E-state index in [2.05, 4.69) is 22.4 Å². The van der Waals surface area contributed by atoms with Crippen molar-refractivity contribution in [1.29, 1.82) is 0 Å². The maximum absolute atomic E-state index is 12.0. The number of benzene rings is 1. The molecule has 0 fully saturated rings. The van der Waals surface area contributed by atoms with Gasteiger partial charge in [-0.3, -0.25) is 9.89 Å². The normalized spacial score (nSPS) is 10.6. The molecule has 2 aromatic rings. The second-order valence-electron chi connectivity index (χ2n) is 5.35. The van der Waals surface area contributed by atoms with E-state index in [1.807, 2.05) is 31.2 Å². The number of amides is 1. The Morgan fingerprint density at radius 1 is 1.19 bits per heavy atom. The van der Waals surface area contributed by atoms with Crippen molar-refractivity contribution in [2.24, 2.45) is 0 Å². The molecule has 21 heavy (non-hydrogen) atoms. The number of carbonyl (C=O) groups excluding carboxylic acids is 1. The molecule has 0 bridgehead atoms. The number of rotatable bonds is 7. The summed E-state index contributed by atoms with van der Waals surface area (Å²) in [6.07, 6.45) is 4.61. The lowest BCUT2D eigenvalue weighted by Crippen LogP contribution is -2.24. The van der Waals surface area contributed by atoms with Crippen molar-refractivity contribution in [3.63, 3.8) is 0 Å². The van der Waals surface area contributed by atoms with Crippen LogP contribution in [0.4, 0.5) is 0 Å². The molecule has 1 heterocycles. The number of hydrogen-bond acceptors (Lipinski definition) is 2. The highest BCUT2D eigenvalue weighted by Gasteiger charge is 2.10. The molecular formula is C17H23N3O. The maximum Gasteiger partial charge on any atom is 0.269 e. The van der Waals surface area contributed by atoms with E-state index in [0.717, 1.165) is 30.6 Å². The van der Waals surface area contributed by atoms with Crippen molar-refractivity contribution in [1.82, 2.24) is 15.5 Å². The van der Waals surface area contributed by atoms with Crippen LogP contribution in [0.3, 0.4) is 0 Å². The van der Waals surface area contributed by atoms with E-state index >= 15 is 0 Å². The smallest absolute Gasteiger partial charge is 0.269 e. The van der Waals surface area contributed by atoms with Crippen molar-refractivity contribution in [2.45, 2.75) is 39.5 Å². The molecule has 0 atom stereocenters. The van der Waals surface area contributed by atoms with Crippen LogP contribution >= 0.6 is 0 Å². The predicted octanol–water partition coefficient (Wildman–Crippen LogP) is 3.70. The SMILES string of the molecule is CCCCCCNC(=O)c1cc(-c2ccc(C)cc2)n[nH]1. The quantitative estimate of drug-likeness (QED) is 0.762. The van der Waals surface area contributed by atoms with Crippen molar-refractivity contribution < 1.29 is 4.79 Å². The first-order chi connectivity index (χ1) is 10.2. The van der Waals surface area contributed by atoms with Crippen LogP contribution in [0, 0.1) is 6.92 Å². The Hall–Kier alpha value is -2.10. The van der Waals surface area contributed by atoms with Gasteiger partial charge in [0.15, 0.2) is 0 Å². The van der Waals surface area contributed by atoms with Crippen LogP contribution in [0.15, 0.2) is 30.3 Å². The fourth-order valence-corrected chi connectivity index (χ4v) is 2.16. The Morgan fingerprint density at radius 2 is 1.95 bits per heavy atom. The zero-order valence-electron chi connectivity index (χ0n) is 12.8. The van der Waals surface area contributed by atoms with Gasteiger partial charge in [0.25, 0.3) is 5.91 Å². The minimum absolute atomic E-state index is 0.0858. The van der Waals surface area contributed by atoms with Crippen LogP contribution in [-0.2, 0) is 0 Å². The standard InChI is InChI=1S/C17H23N3O/c1-3-4-5-6-11-18-17(21)16-12-15(19-20-16)14-9-7-13(2)8-10-14/h7-10,12H,3-6,11H2,1-2H3,(H,18,21)(H,19,20). The lowest BCUT2D eigenvalue weighted by molar-refractivity contribution is 0.0948. The largest absolute Gasteiger partial charge is 0.351 e. The van der Waals surface area contributed by atoms with Gasteiger partial charge in [-0.15, -0.1) is 0 Å². The second-order valence-corrected chi connectivity index (χ2v) is 5.35. The van der Waals surface area contributed by atoms with E-state index < -0.39 is 0 Å². The average molecular weight is 285 g/mol. The Balaban J connectivity index is 1.90. The van der Waals surface area contributed by atoms with Crippen molar-refractivity contribution in [3.8, 4) is 11.3 Å². The van der Waals surface area contributed by atoms with Gasteiger partial charge >= 0.3 is 0 Å². The summed E-state index contributed by atoms with van der Waals surface area (Å²) in [5, 5.41) is 9.94. The number of nitrogens with one attached hydrogen (secondary N) is 2. The lowest BCUT2D eigenvalue weighted by atomic mass is 10.1. The third-order valence-corrected chi connectivity index (χ3v) is 3.49. The molecule has 0 radical (unpaired) electrons. The fraction of sp³-hybridized carbons (Fsp3) is 0.412. The van der Waals surface area contributed by atoms with Crippen LogP contribution in [-0.4, -0.2) is 22.6 Å². The highest BCUT2D eigenvalue weighted by Crippen LogP contribution is 2.18. The number of unbranched alkanes of at least 4 members (excludes halogenated alkanes) is 3. The maximum atomic E-state index is 12.0. The molecular weight excluding hydrogens is 262 g/mol. The summed E-state index contributed by atoms with van der Waals surface area (Å²) in [6.45, 7) is 4.94. The number of aromatic nitrogens is 2. The minimum Gasteiger partial charge on any atom is -0.351 e. The summed E-state index contributed by atoms with van der Waals surface area (Å²) in [4.78, 5) is 12.0. The summed E-state index contributed by atoms with van der Waals surface area (Å²) in [5.74, 6) is -0.0858. The third kappa shape index (κ3) is 4.45. The van der Waals surface area contributed by atoms with Gasteiger partial charge in [-0.2, -0.15) is 5.10 Å². The second kappa shape index (κ2) is 7.62. The number of carbonyl (C=O) groups is 1. The number of aryl methyl sites for hydroxylation is 1. The van der Waals surface area contributed by atoms with E-state index in [1.165, 1.54) is 18.4 Å². The van der Waals surface area contributed by atoms with E-state index in [1.54, 1.807) is 6.07 Å². The van der Waals surface area contributed by atoms with Gasteiger partial charge in [0, 0.05) is 12.1 Å². The Bertz CT molecular complexity index is 572. The van der Waals surface area contributed by atoms with Gasteiger partial charge in [0.2, 0.25) is 0 Å². The summed E-state index contributed by atoms with van der Waals surface area (Å²) in [6, 6.07) is 9.90. The van der Waals surface area contributed by atoms with Crippen LogP contribution in [0.25, 0.3) is 11.3 Å². The van der Waals surface area contributed by atoms with Gasteiger partial charge in [-0.1, -0.05) is 56.0 Å². The average Bonchev–Trinajstić information content (AvgIpc) is 2.97. The molecule has 0 unspecified atom stereocenters. The Kier molecular flexibility index (Phi) is 5.55. The molecule has 1 aromatic carbocycles. The molecule has 4 nitrogen and oxygen atoms in total. The molecule has 112 valence electrons. The molecule has 0 saturated carbocycles. The molecule has 4 heteroatoms. The summed E-state index contributed by atoms with van der Waals surface area (Å²) in [7, 11) is 0. The fourth-order valence-electron chi connectivity index (χ4n) is 2.16. The first-order valence-electron chi connectivity index (χ1n) is 7.61. The third-order valence-electron chi connectivity index (χ3n) is 3.49. The highest BCUT2D eigenvalue weighted by molar-refractivity contribution is 5.93. The zero-order chi connectivity index (χ0) is 15.1. The van der Waals surface area contributed by atoms with Crippen LogP contribution in [0.2, 0.25) is 0 Å². The number of H-pyrrole nitrogens is 1. The van der Waals surface area contributed by atoms with E-state index in [-0.39, 0.29) is 5.91 Å². The van der Waals surface area contributed by atoms with E-state index in [4.69, 9.17) is 0 Å². The zero-order valence-corrected chi connectivity index (χ0v) is 12.8. The van der Waals surface area contributed by atoms with Gasteiger partial charge < -0.3 is 5.32 Å². The van der Waals surface area contributed by atoms with Crippen molar-refractivity contribution in [2.75, 3.05) is 6.54 Å². The molecule has 0 aliphatic carbocycles. The van der Waals surface area contributed by atoms with Gasteiger partial charge in [-0.05, 0) is 19.4 Å². The molecule has 0 aliphatic rings. The molecule has 0 aliphatic heterocycles. The molecule has 0 saturated heterocycles. The van der Waals surface area contributed by atoms with Crippen molar-refractivity contribution in [3.05, 3.63) is 41.6 Å². The van der Waals surface area contributed by atoms with Crippen LogP contribution in [0.1, 0.15) is 48.7 Å². The van der Waals surface area contributed by atoms with Crippen molar-refractivity contribution >= 4 is 5.91 Å². The number of hydrogen-bond donors (Lipinski definition) is 2. The Morgan fingerprint density at radius 3 is 2.67 bits per heavy atom. The minimum atomic E-state index is -0.0858. The molecule has 2 N–H and O–H groups in total. The first-order valence-corrected chi connectivity index (χ1v) is 7.61. The number of nitrogens with zero attached hydrogens (tertiary/aromatic N) is 1. The predicted molar refractivity (Wildman–Crippen MR) is 85.2 cm³/mol. The first kappa shape index (κ1) is 15.3. The lowest BCUT2D eigenvalue weighted by Gasteiger charge is -2.02. The van der Waals surface area contributed by atoms with Gasteiger partial charge in [0.1, 0.15) is 5.69 Å². The van der Waals surface area contributed by atoms with E-state index in [9.17, 15) is 4.79 Å².